The van der Waals surface area contributed by atoms with Crippen LogP contribution in [0.4, 0.5) is 0 Å². The van der Waals surface area contributed by atoms with E-state index in [9.17, 15) is 0 Å². The Morgan fingerprint density at radius 3 is 0.769 bits per heavy atom. The summed E-state index contributed by atoms with van der Waals surface area (Å²) in [6, 6.07) is 18.0. The van der Waals surface area contributed by atoms with E-state index in [1.165, 1.54) is 89.5 Å². The standard InChI is InChI=1S/2C21H24N2Se.CH4O.3Ag.3NO3/c2*1-13-9-15(3)19(16(4)10-13)22-7-8-23(21(22)24)20-17(5)11-14(2)12-18(20)6;1-2;;;;3*2-1(3)4/h2*7-12H,1-6H3;2H,1H3;;;;;;/q;;;3*+1;3*-1. The Kier molecular flexibility index (Phi) is 30.6. The maximum Gasteiger partial charge on any atom is 1.00 e. The average molecular weight is 1310 g/mol. The molecule has 0 radical (unpaired) electrons. The van der Waals surface area contributed by atoms with E-state index in [0.29, 0.717) is 0 Å². The summed E-state index contributed by atoms with van der Waals surface area (Å²) in [6.07, 6.45) is 8.59. The van der Waals surface area contributed by atoms with Crippen molar-refractivity contribution in [1.82, 2.24) is 9.13 Å². The maximum atomic E-state index is 8.25. The number of aromatic nitrogens is 4. The Hall–Kier alpha value is -3.88. The van der Waals surface area contributed by atoms with Gasteiger partial charge in [0.25, 0.3) is 0 Å². The van der Waals surface area contributed by atoms with Crippen molar-refractivity contribution in [2.24, 2.45) is 0 Å². The van der Waals surface area contributed by atoms with E-state index in [-0.39, 0.29) is 67.1 Å². The molecule has 0 saturated heterocycles. The van der Waals surface area contributed by atoms with Crippen molar-refractivity contribution in [3.05, 3.63) is 186 Å². The number of imidazole rings is 2. The van der Waals surface area contributed by atoms with Crippen LogP contribution in [-0.2, 0) is 67.1 Å². The van der Waals surface area contributed by atoms with Gasteiger partial charge in [0.1, 0.15) is 0 Å². The normalized spacial score (nSPS) is 9.38. The number of aryl methyl sites for hydroxylation is 12. The first-order valence-corrected chi connectivity index (χ1v) is 20.3. The number of rotatable bonds is 4. The summed E-state index contributed by atoms with van der Waals surface area (Å²) in [5.74, 6) is 0. The number of hydrogen-bond acceptors (Lipinski definition) is 10. The molecule has 0 spiro atoms. The molecule has 0 aliphatic carbocycles. The van der Waals surface area contributed by atoms with E-state index in [2.05, 4.69) is 207 Å². The SMILES string of the molecule is CO.Cc1cc(C)c(-n2cc[n+](-c3c(C)cc(C)cc3C)c2[Se-])c(C)c1.Cc1cc(C)c(-n2cc[n+](-c3c(C)cc(C)cc3C)c2[Se-])c(C)c1.O=[N+]([O-])[O-].O=[N+]([O-])[O-].O=[N+]([O-])[O-].[Ag+].[Ag+].[Ag+]. The van der Waals surface area contributed by atoms with Crippen molar-refractivity contribution in [2.45, 2.75) is 83.1 Å². The van der Waals surface area contributed by atoms with Crippen molar-refractivity contribution in [2.75, 3.05) is 7.11 Å². The molecule has 0 unspecified atom stereocenters. The minimum absolute atomic E-state index is 0. The molecule has 364 valence electrons. The number of hydrogen-bond donors (Lipinski definition) is 1. The summed E-state index contributed by atoms with van der Waals surface area (Å²) in [5.41, 5.74) is 20.6. The zero-order valence-electron chi connectivity index (χ0n) is 37.9. The second-order valence-corrected chi connectivity index (χ2v) is 15.8. The molecule has 4 aromatic carbocycles. The second kappa shape index (κ2) is 30.4. The molecule has 0 bridgehead atoms. The zero-order chi connectivity index (χ0) is 47.9. The number of nitrogens with zero attached hydrogens (tertiary/aromatic N) is 7. The molecule has 22 heteroatoms. The fourth-order valence-electron chi connectivity index (χ4n) is 7.64. The number of aliphatic hydroxyl groups is 1. The molecule has 65 heavy (non-hydrogen) atoms. The third-order valence-electron chi connectivity index (χ3n) is 9.06. The van der Waals surface area contributed by atoms with Gasteiger partial charge in [-0.25, -0.2) is 0 Å². The largest absolute Gasteiger partial charge is 1.00 e. The van der Waals surface area contributed by atoms with Crippen LogP contribution in [0.1, 0.15) is 66.8 Å². The van der Waals surface area contributed by atoms with Crippen LogP contribution in [-0.4, -0.2) is 68.6 Å². The van der Waals surface area contributed by atoms with Crippen LogP contribution >= 0.6 is 0 Å². The van der Waals surface area contributed by atoms with E-state index in [4.69, 9.17) is 51.1 Å². The first kappa shape index (κ1) is 65.4. The summed E-state index contributed by atoms with van der Waals surface area (Å²) < 4.78 is 11.2. The van der Waals surface area contributed by atoms with E-state index < -0.39 is 15.3 Å². The van der Waals surface area contributed by atoms with Crippen LogP contribution in [0.25, 0.3) is 22.7 Å². The van der Waals surface area contributed by atoms with Crippen molar-refractivity contribution >= 4 is 41.5 Å². The van der Waals surface area contributed by atoms with Gasteiger partial charge < -0.3 is 51.1 Å². The molecule has 0 aliphatic heterocycles. The van der Waals surface area contributed by atoms with Crippen molar-refractivity contribution < 1.29 is 96.6 Å². The molecule has 0 aliphatic rings. The molecular weight excluding hydrogens is 1260 g/mol. The second-order valence-electron chi connectivity index (χ2n) is 14.3. The quantitative estimate of drug-likeness (QED) is 0.0981. The van der Waals surface area contributed by atoms with Crippen LogP contribution in [0.15, 0.2) is 73.3 Å². The summed E-state index contributed by atoms with van der Waals surface area (Å²) in [4.78, 5) is 24.8. The average Bonchev–Trinajstić information content (AvgIpc) is 3.65. The van der Waals surface area contributed by atoms with Gasteiger partial charge in [0.15, 0.2) is 0 Å². The van der Waals surface area contributed by atoms with Crippen LogP contribution in [0.3, 0.4) is 0 Å². The van der Waals surface area contributed by atoms with Gasteiger partial charge in [-0.3, -0.25) is 0 Å². The molecule has 0 amide bonds. The first-order chi connectivity index (χ1) is 28.8. The van der Waals surface area contributed by atoms with Crippen LogP contribution in [0.5, 0.6) is 0 Å². The van der Waals surface area contributed by atoms with Crippen LogP contribution in [0, 0.1) is 129 Å². The van der Waals surface area contributed by atoms with Gasteiger partial charge in [-0.1, -0.05) is 0 Å². The van der Waals surface area contributed by atoms with Gasteiger partial charge in [-0.2, -0.15) is 0 Å². The van der Waals surface area contributed by atoms with Gasteiger partial charge in [0.2, 0.25) is 0 Å². The fourth-order valence-corrected chi connectivity index (χ4v) is 8.92. The predicted octanol–water partition coefficient (Wildman–Crippen LogP) is 5.68. The Balaban J connectivity index is -0.000000888. The Bertz CT molecular complexity index is 2110. The Labute approximate surface area is 442 Å². The van der Waals surface area contributed by atoms with Gasteiger partial charge in [0, 0.05) is 7.11 Å². The molecule has 0 atom stereocenters. The summed E-state index contributed by atoms with van der Waals surface area (Å²) in [7, 11) is 1.00. The molecule has 6 aromatic rings. The molecule has 6 rings (SSSR count). The Morgan fingerprint density at radius 2 is 0.585 bits per heavy atom. The van der Waals surface area contributed by atoms with Crippen LogP contribution in [0.2, 0.25) is 0 Å². The van der Waals surface area contributed by atoms with Gasteiger partial charge >= 0.3 is 373 Å². The first-order valence-electron chi connectivity index (χ1n) is 18.6. The summed E-state index contributed by atoms with van der Waals surface area (Å²) in [6.45, 7) is 26.1. The number of benzene rings is 4. The van der Waals surface area contributed by atoms with Crippen molar-refractivity contribution in [3.63, 3.8) is 0 Å². The summed E-state index contributed by atoms with van der Waals surface area (Å²) in [5, 5.41) is 51.2. The van der Waals surface area contributed by atoms with E-state index in [0.717, 1.165) is 16.6 Å². The van der Waals surface area contributed by atoms with Gasteiger partial charge in [-0.05, 0) is 0 Å². The maximum absolute atomic E-state index is 8.25. The molecule has 1 N–H and O–H groups in total. The van der Waals surface area contributed by atoms with E-state index in [1.54, 1.807) is 0 Å². The molecular formula is C43H52Ag3N7O10Se2. The molecule has 2 heterocycles. The fraction of sp³-hybridized carbons (Fsp3) is 0.302. The minimum atomic E-state index is -1.75. The predicted molar refractivity (Wildman–Crippen MR) is 241 cm³/mol. The monoisotopic (exact) mass is 1310 g/mol. The van der Waals surface area contributed by atoms with Gasteiger partial charge in [0.05, 0.1) is 15.3 Å². The van der Waals surface area contributed by atoms with Crippen LogP contribution < -0.4 is 18.6 Å². The van der Waals surface area contributed by atoms with E-state index >= 15 is 0 Å². The Morgan fingerprint density at radius 1 is 0.415 bits per heavy atom. The topological polar surface area (TPSA) is 236 Å². The van der Waals surface area contributed by atoms with Crippen molar-refractivity contribution in [1.29, 1.82) is 0 Å². The number of aliphatic hydroxyl groups excluding tert-OH is 1. The molecule has 0 fully saturated rings. The van der Waals surface area contributed by atoms with Gasteiger partial charge in [-0.15, -0.1) is 0 Å². The molecule has 0 saturated carbocycles. The minimum Gasteiger partial charge on any atom is -0.356 e. The third-order valence-corrected chi connectivity index (χ3v) is 10.7. The summed E-state index contributed by atoms with van der Waals surface area (Å²) >= 11 is 6.56. The van der Waals surface area contributed by atoms with E-state index in [1.807, 2.05) is 0 Å². The van der Waals surface area contributed by atoms with Crippen molar-refractivity contribution in [3.8, 4) is 22.7 Å². The zero-order valence-corrected chi connectivity index (χ0v) is 45.8. The smallest absolute Gasteiger partial charge is 0.356 e. The third kappa shape index (κ3) is 19.5. The molecule has 2 aromatic heterocycles. The molecule has 17 nitrogen and oxygen atoms in total.